The lowest BCUT2D eigenvalue weighted by Gasteiger charge is -2.72. The third-order valence-electron chi connectivity index (χ3n) is 9.30. The maximum absolute atomic E-state index is 13.1. The summed E-state index contributed by atoms with van der Waals surface area (Å²) in [7, 11) is 3.05. The predicted octanol–water partition coefficient (Wildman–Crippen LogP) is -0.539. The van der Waals surface area contributed by atoms with Gasteiger partial charge in [-0.15, -0.1) is 0 Å². The summed E-state index contributed by atoms with van der Waals surface area (Å²) in [4.78, 5) is 52.2. The molecule has 6 aliphatic rings. The summed E-state index contributed by atoms with van der Waals surface area (Å²) >= 11 is 0. The normalized spacial score (nSPS) is 41.3. The number of hydrogen-bond acceptors (Lipinski definition) is 4. The molecule has 10 nitrogen and oxygen atoms in total. The van der Waals surface area contributed by atoms with Crippen LogP contribution in [0.5, 0.6) is 0 Å². The second-order valence-corrected chi connectivity index (χ2v) is 10.1. The van der Waals surface area contributed by atoms with Crippen LogP contribution >= 0.6 is 0 Å². The monoisotopic (exact) mass is 402 g/mol. The van der Waals surface area contributed by atoms with Crippen LogP contribution in [-0.4, -0.2) is 27.9 Å². The molecule has 156 valence electrons. The molecule has 0 amide bonds. The van der Waals surface area contributed by atoms with Crippen molar-refractivity contribution < 1.29 is 0 Å². The lowest BCUT2D eigenvalue weighted by Crippen LogP contribution is -2.77. The molecule has 2 aromatic rings. The molecule has 6 heterocycles. The molecule has 0 radical (unpaired) electrons. The third kappa shape index (κ3) is 1.39. The van der Waals surface area contributed by atoms with Gasteiger partial charge in [0, 0.05) is 25.4 Å². The van der Waals surface area contributed by atoms with E-state index in [-0.39, 0.29) is 40.8 Å². The standard InChI is InChI=1S/C19H26N6O4/c1-17-8-7-11(23-14(27)21(5)15(28)24(17)23)19(3)12(17)10-6-9-18(19,2)25-16(29)20(4)13(26)22(10)25/h10-12H,6-9H2,1-5H3/t10-,11-,12?,17+,18+,19-/m1/s1. The van der Waals surface area contributed by atoms with E-state index in [1.54, 1.807) is 18.7 Å². The fraction of sp³-hybridized carbons (Fsp3) is 0.789. The summed E-state index contributed by atoms with van der Waals surface area (Å²) in [6.45, 7) is 6.29. The van der Waals surface area contributed by atoms with Gasteiger partial charge in [0.2, 0.25) is 0 Å². The summed E-state index contributed by atoms with van der Waals surface area (Å²) in [5, 5.41) is 0. The Kier molecular flexibility index (Phi) is 2.67. The fourth-order valence-electron chi connectivity index (χ4n) is 7.91. The van der Waals surface area contributed by atoms with Crippen LogP contribution in [0.2, 0.25) is 0 Å². The van der Waals surface area contributed by atoms with Crippen molar-refractivity contribution in [2.75, 3.05) is 0 Å². The van der Waals surface area contributed by atoms with E-state index in [9.17, 15) is 19.2 Å². The average molecular weight is 402 g/mol. The lowest BCUT2D eigenvalue weighted by atomic mass is 9.43. The molecule has 2 aliphatic carbocycles. The molecule has 2 fully saturated rings. The molecule has 4 bridgehead atoms. The van der Waals surface area contributed by atoms with Crippen molar-refractivity contribution in [2.45, 2.75) is 69.6 Å². The van der Waals surface area contributed by atoms with Crippen molar-refractivity contribution in [1.29, 1.82) is 0 Å². The SMILES string of the molecule is Cn1c(=O)n2n(c1=O)[C@@]1(C)CC[C@@H]2[C@]2(C)C1[C@H]1CC[C@]2(C)n2c(=O)n(C)c(=O)n21. The average Bonchev–Trinajstić information content (AvgIpc) is 3.05. The molecule has 6 atom stereocenters. The molecular formula is C19H26N6O4. The lowest BCUT2D eigenvalue weighted by molar-refractivity contribution is -0.242. The Morgan fingerprint density at radius 2 is 1.34 bits per heavy atom. The maximum atomic E-state index is 13.1. The topological polar surface area (TPSA) is 97.9 Å². The predicted molar refractivity (Wildman–Crippen MR) is 103 cm³/mol. The van der Waals surface area contributed by atoms with Crippen LogP contribution in [-0.2, 0) is 25.2 Å². The van der Waals surface area contributed by atoms with Gasteiger partial charge in [0.25, 0.3) is 0 Å². The molecule has 0 spiro atoms. The van der Waals surface area contributed by atoms with Gasteiger partial charge in [-0.2, -0.15) is 0 Å². The zero-order valence-corrected chi connectivity index (χ0v) is 17.4. The molecule has 2 saturated carbocycles. The first-order valence-electron chi connectivity index (χ1n) is 10.3. The Balaban J connectivity index is 1.79. The minimum Gasteiger partial charge on any atom is -0.246 e. The molecule has 10 heteroatoms. The zero-order valence-electron chi connectivity index (χ0n) is 17.4. The van der Waals surface area contributed by atoms with Crippen molar-refractivity contribution >= 4 is 0 Å². The van der Waals surface area contributed by atoms with E-state index in [1.165, 1.54) is 23.2 Å². The largest absolute Gasteiger partial charge is 0.347 e. The van der Waals surface area contributed by atoms with E-state index in [0.29, 0.717) is 0 Å². The van der Waals surface area contributed by atoms with Crippen molar-refractivity contribution in [2.24, 2.45) is 25.4 Å². The van der Waals surface area contributed by atoms with Gasteiger partial charge < -0.3 is 0 Å². The van der Waals surface area contributed by atoms with Gasteiger partial charge in [-0.1, -0.05) is 6.92 Å². The number of rotatable bonds is 0. The van der Waals surface area contributed by atoms with E-state index >= 15 is 0 Å². The summed E-state index contributed by atoms with van der Waals surface area (Å²) in [6, 6.07) is -0.369. The van der Waals surface area contributed by atoms with Crippen LogP contribution in [0.1, 0.15) is 58.5 Å². The van der Waals surface area contributed by atoms with Gasteiger partial charge in [0.15, 0.2) is 0 Å². The summed E-state index contributed by atoms with van der Waals surface area (Å²) < 4.78 is 9.02. The highest BCUT2D eigenvalue weighted by molar-refractivity contribution is 5.23. The molecular weight excluding hydrogens is 376 g/mol. The first kappa shape index (κ1) is 17.3. The van der Waals surface area contributed by atoms with Gasteiger partial charge in [0.1, 0.15) is 0 Å². The molecule has 4 aliphatic heterocycles. The van der Waals surface area contributed by atoms with E-state index < -0.39 is 16.5 Å². The number of nitrogens with zero attached hydrogens (tertiary/aromatic N) is 6. The van der Waals surface area contributed by atoms with Gasteiger partial charge in [0.05, 0.1) is 23.2 Å². The Morgan fingerprint density at radius 3 is 2.00 bits per heavy atom. The van der Waals surface area contributed by atoms with Crippen LogP contribution in [0.4, 0.5) is 0 Å². The zero-order chi connectivity index (χ0) is 20.8. The first-order chi connectivity index (χ1) is 13.5. The van der Waals surface area contributed by atoms with E-state index in [4.69, 9.17) is 0 Å². The summed E-state index contributed by atoms with van der Waals surface area (Å²) in [5.41, 5.74) is -2.83. The number of aromatic nitrogens is 6. The fourth-order valence-corrected chi connectivity index (χ4v) is 7.91. The minimum atomic E-state index is -0.618. The maximum Gasteiger partial charge on any atom is 0.347 e. The third-order valence-corrected chi connectivity index (χ3v) is 9.30. The van der Waals surface area contributed by atoms with Gasteiger partial charge in [-0.05, 0) is 39.5 Å². The quantitative estimate of drug-likeness (QED) is 0.591. The van der Waals surface area contributed by atoms with Crippen LogP contribution in [0, 0.1) is 11.3 Å². The molecule has 2 aromatic heterocycles. The highest BCUT2D eigenvalue weighted by Crippen LogP contribution is 2.71. The van der Waals surface area contributed by atoms with E-state index in [0.717, 1.165) is 25.7 Å². The van der Waals surface area contributed by atoms with E-state index in [1.807, 2.05) is 0 Å². The first-order valence-corrected chi connectivity index (χ1v) is 10.3. The molecule has 0 aromatic carbocycles. The van der Waals surface area contributed by atoms with Gasteiger partial charge in [-0.25, -0.2) is 47.0 Å². The minimum absolute atomic E-state index is 0.0218. The summed E-state index contributed by atoms with van der Waals surface area (Å²) in [5.74, 6) is -0.0218. The molecule has 0 N–H and O–H groups in total. The van der Waals surface area contributed by atoms with Crippen molar-refractivity contribution in [3.63, 3.8) is 0 Å². The Bertz CT molecular complexity index is 1350. The van der Waals surface area contributed by atoms with Gasteiger partial charge in [-0.3, -0.25) is 0 Å². The van der Waals surface area contributed by atoms with E-state index in [2.05, 4.69) is 20.8 Å². The van der Waals surface area contributed by atoms with Crippen LogP contribution in [0.15, 0.2) is 19.2 Å². The van der Waals surface area contributed by atoms with Crippen LogP contribution in [0.3, 0.4) is 0 Å². The summed E-state index contributed by atoms with van der Waals surface area (Å²) in [6.07, 6.45) is 3.11. The number of fused-ring (bicyclic) bond motifs is 2. The van der Waals surface area contributed by atoms with Gasteiger partial charge >= 0.3 is 22.8 Å². The van der Waals surface area contributed by atoms with Crippen molar-refractivity contribution in [3.8, 4) is 0 Å². The van der Waals surface area contributed by atoms with Crippen LogP contribution in [0.25, 0.3) is 0 Å². The second-order valence-electron chi connectivity index (χ2n) is 10.1. The highest BCUT2D eigenvalue weighted by atomic mass is 16.2. The van der Waals surface area contributed by atoms with Crippen molar-refractivity contribution in [1.82, 2.24) is 27.9 Å². The smallest absolute Gasteiger partial charge is 0.246 e. The second kappa shape index (κ2) is 4.46. The Morgan fingerprint density at radius 1 is 0.759 bits per heavy atom. The molecule has 29 heavy (non-hydrogen) atoms. The number of hydrogen-bond donors (Lipinski definition) is 0. The highest BCUT2D eigenvalue weighted by Gasteiger charge is 2.74. The Hall–Kier alpha value is -2.52. The van der Waals surface area contributed by atoms with Crippen molar-refractivity contribution in [3.05, 3.63) is 41.9 Å². The van der Waals surface area contributed by atoms with Crippen LogP contribution < -0.4 is 22.8 Å². The molecule has 8 rings (SSSR count). The molecule has 1 unspecified atom stereocenters. The Labute approximate surface area is 165 Å². The molecule has 0 saturated heterocycles.